The van der Waals surface area contributed by atoms with E-state index in [-0.39, 0.29) is 13.0 Å². The number of nitrogens with zero attached hydrogens (tertiary/aromatic N) is 1. The van der Waals surface area contributed by atoms with Gasteiger partial charge in [-0.05, 0) is 25.0 Å². The minimum absolute atomic E-state index is 0.0186. The van der Waals surface area contributed by atoms with Crippen molar-refractivity contribution in [2.45, 2.75) is 23.8 Å². The number of carboxylic acids is 1. The Labute approximate surface area is 108 Å². The standard InChI is InChI=1S/C11H11F2NO4S/c12-7-3-1-5-9(10(7)13)19(17,18)14-6-2-4-8(14)11(15)16/h1,3,5,8H,2,4,6H2,(H,15,16)/t8-/m1/s1. The zero-order chi connectivity index (χ0) is 14.2. The van der Waals surface area contributed by atoms with E-state index >= 15 is 0 Å². The molecular weight excluding hydrogens is 280 g/mol. The van der Waals surface area contributed by atoms with Gasteiger partial charge >= 0.3 is 5.97 Å². The minimum Gasteiger partial charge on any atom is -0.480 e. The zero-order valence-electron chi connectivity index (χ0n) is 9.71. The van der Waals surface area contributed by atoms with Crippen LogP contribution in [0.15, 0.2) is 23.1 Å². The van der Waals surface area contributed by atoms with E-state index in [1.165, 1.54) is 0 Å². The van der Waals surface area contributed by atoms with Crippen LogP contribution in [0, 0.1) is 11.6 Å². The molecule has 1 heterocycles. The summed E-state index contributed by atoms with van der Waals surface area (Å²) in [5, 5.41) is 8.94. The first kappa shape index (κ1) is 13.9. The number of rotatable bonds is 3. The molecule has 1 atom stereocenters. The van der Waals surface area contributed by atoms with E-state index in [1.54, 1.807) is 0 Å². The molecule has 0 spiro atoms. The average molecular weight is 291 g/mol. The third-order valence-corrected chi connectivity index (χ3v) is 4.92. The second kappa shape index (κ2) is 4.86. The first-order valence-corrected chi connectivity index (χ1v) is 6.98. The van der Waals surface area contributed by atoms with Gasteiger partial charge in [0, 0.05) is 6.54 Å². The van der Waals surface area contributed by atoms with Crippen molar-refractivity contribution < 1.29 is 27.1 Å². The van der Waals surface area contributed by atoms with E-state index in [9.17, 15) is 22.0 Å². The maximum atomic E-state index is 13.6. The first-order chi connectivity index (χ1) is 8.85. The van der Waals surface area contributed by atoms with Gasteiger partial charge in [0.1, 0.15) is 10.9 Å². The molecule has 19 heavy (non-hydrogen) atoms. The fraction of sp³-hybridized carbons (Fsp3) is 0.364. The molecule has 1 fully saturated rings. The third kappa shape index (κ3) is 2.33. The molecule has 1 aliphatic rings. The zero-order valence-corrected chi connectivity index (χ0v) is 10.5. The Morgan fingerprint density at radius 2 is 2.05 bits per heavy atom. The molecule has 104 valence electrons. The SMILES string of the molecule is O=C(O)[C@H]1CCCN1S(=O)(=O)c1cccc(F)c1F. The van der Waals surface area contributed by atoms with Gasteiger partial charge < -0.3 is 5.11 Å². The Balaban J connectivity index is 2.48. The van der Waals surface area contributed by atoms with E-state index in [0.717, 1.165) is 18.2 Å². The number of halogens is 2. The summed E-state index contributed by atoms with van der Waals surface area (Å²) in [6.07, 6.45) is 0.526. The summed E-state index contributed by atoms with van der Waals surface area (Å²) in [6, 6.07) is 1.56. The topological polar surface area (TPSA) is 74.7 Å². The van der Waals surface area contributed by atoms with Gasteiger partial charge in [0.2, 0.25) is 10.0 Å². The number of benzene rings is 1. The Bertz CT molecular complexity index is 617. The van der Waals surface area contributed by atoms with Crippen molar-refractivity contribution in [2.24, 2.45) is 0 Å². The highest BCUT2D eigenvalue weighted by Gasteiger charge is 2.40. The van der Waals surface area contributed by atoms with Crippen molar-refractivity contribution in [1.29, 1.82) is 0 Å². The molecule has 5 nitrogen and oxygen atoms in total. The Morgan fingerprint density at radius 1 is 1.37 bits per heavy atom. The molecule has 1 aromatic carbocycles. The monoisotopic (exact) mass is 291 g/mol. The number of carboxylic acid groups (broad SMARTS) is 1. The molecule has 0 bridgehead atoms. The van der Waals surface area contributed by atoms with E-state index < -0.39 is 38.6 Å². The van der Waals surface area contributed by atoms with E-state index in [2.05, 4.69) is 0 Å². The molecule has 0 saturated carbocycles. The van der Waals surface area contributed by atoms with Gasteiger partial charge in [-0.15, -0.1) is 0 Å². The Morgan fingerprint density at radius 3 is 2.68 bits per heavy atom. The second-order valence-electron chi connectivity index (χ2n) is 4.16. The maximum Gasteiger partial charge on any atom is 0.322 e. The van der Waals surface area contributed by atoms with Crippen LogP contribution < -0.4 is 0 Å². The number of sulfonamides is 1. The van der Waals surface area contributed by atoms with Crippen LogP contribution in [0.3, 0.4) is 0 Å². The minimum atomic E-state index is -4.35. The molecule has 0 amide bonds. The summed E-state index contributed by atoms with van der Waals surface area (Å²) in [6.45, 7) is -0.0186. The smallest absolute Gasteiger partial charge is 0.322 e. The molecule has 1 aromatic rings. The predicted octanol–water partition coefficient (Wildman–Crippen LogP) is 1.20. The molecule has 0 radical (unpaired) electrons. The molecule has 0 aromatic heterocycles. The number of hydrogen-bond acceptors (Lipinski definition) is 3. The van der Waals surface area contributed by atoms with Crippen LogP contribution in [0.2, 0.25) is 0 Å². The normalized spacial score (nSPS) is 20.6. The van der Waals surface area contributed by atoms with Gasteiger partial charge in [0.15, 0.2) is 11.6 Å². The van der Waals surface area contributed by atoms with Crippen molar-refractivity contribution in [3.8, 4) is 0 Å². The predicted molar refractivity (Wildman–Crippen MR) is 60.9 cm³/mol. The first-order valence-electron chi connectivity index (χ1n) is 5.54. The highest BCUT2D eigenvalue weighted by molar-refractivity contribution is 7.89. The number of hydrogen-bond donors (Lipinski definition) is 1. The van der Waals surface area contributed by atoms with Crippen molar-refractivity contribution in [3.05, 3.63) is 29.8 Å². The van der Waals surface area contributed by atoms with Crippen molar-refractivity contribution in [1.82, 2.24) is 4.31 Å². The van der Waals surface area contributed by atoms with Gasteiger partial charge in [0.25, 0.3) is 0 Å². The van der Waals surface area contributed by atoms with Gasteiger partial charge in [-0.25, -0.2) is 17.2 Å². The van der Waals surface area contributed by atoms with Gasteiger partial charge in [-0.1, -0.05) is 6.07 Å². The second-order valence-corrected chi connectivity index (χ2v) is 6.02. The van der Waals surface area contributed by atoms with Crippen LogP contribution in [0.5, 0.6) is 0 Å². The van der Waals surface area contributed by atoms with Gasteiger partial charge in [-0.2, -0.15) is 4.31 Å². The highest BCUT2D eigenvalue weighted by Crippen LogP contribution is 2.28. The summed E-state index contributed by atoms with van der Waals surface area (Å²) < 4.78 is 51.7. The molecule has 8 heteroatoms. The van der Waals surface area contributed by atoms with E-state index in [1.807, 2.05) is 0 Å². The molecule has 0 aliphatic carbocycles. The third-order valence-electron chi connectivity index (χ3n) is 2.99. The van der Waals surface area contributed by atoms with Crippen LogP contribution in [-0.2, 0) is 14.8 Å². The van der Waals surface area contributed by atoms with Crippen molar-refractivity contribution in [3.63, 3.8) is 0 Å². The lowest BCUT2D eigenvalue weighted by atomic mass is 10.2. The Hall–Kier alpha value is -1.54. The quantitative estimate of drug-likeness (QED) is 0.908. The molecule has 1 aliphatic heterocycles. The van der Waals surface area contributed by atoms with E-state index in [0.29, 0.717) is 10.7 Å². The van der Waals surface area contributed by atoms with Crippen LogP contribution in [0.4, 0.5) is 8.78 Å². The summed E-state index contributed by atoms with van der Waals surface area (Å²) in [7, 11) is -4.35. The summed E-state index contributed by atoms with van der Waals surface area (Å²) in [4.78, 5) is 10.1. The lowest BCUT2D eigenvalue weighted by Gasteiger charge is -2.21. The maximum absolute atomic E-state index is 13.6. The largest absolute Gasteiger partial charge is 0.480 e. The molecule has 0 unspecified atom stereocenters. The summed E-state index contributed by atoms with van der Waals surface area (Å²) in [5.41, 5.74) is 0. The summed E-state index contributed by atoms with van der Waals surface area (Å²) in [5.74, 6) is -4.07. The van der Waals surface area contributed by atoms with Crippen LogP contribution in [-0.4, -0.2) is 36.4 Å². The van der Waals surface area contributed by atoms with Gasteiger partial charge in [0.05, 0.1) is 0 Å². The fourth-order valence-corrected chi connectivity index (χ4v) is 3.81. The van der Waals surface area contributed by atoms with Crippen LogP contribution in [0.1, 0.15) is 12.8 Å². The van der Waals surface area contributed by atoms with Gasteiger partial charge in [-0.3, -0.25) is 4.79 Å². The number of aliphatic carboxylic acids is 1. The van der Waals surface area contributed by atoms with Crippen molar-refractivity contribution in [2.75, 3.05) is 6.54 Å². The van der Waals surface area contributed by atoms with E-state index in [4.69, 9.17) is 5.11 Å². The molecular formula is C11H11F2NO4S. The lowest BCUT2D eigenvalue weighted by Crippen LogP contribution is -2.40. The Kier molecular flexibility index (Phi) is 3.55. The van der Waals surface area contributed by atoms with Crippen LogP contribution in [0.25, 0.3) is 0 Å². The highest BCUT2D eigenvalue weighted by atomic mass is 32.2. The van der Waals surface area contributed by atoms with Crippen LogP contribution >= 0.6 is 0 Å². The molecule has 1 N–H and O–H groups in total. The summed E-state index contributed by atoms with van der Waals surface area (Å²) >= 11 is 0. The molecule has 1 saturated heterocycles. The fourth-order valence-electron chi connectivity index (χ4n) is 2.08. The molecule has 2 rings (SSSR count). The van der Waals surface area contributed by atoms with Crippen molar-refractivity contribution >= 4 is 16.0 Å². The number of carbonyl (C=O) groups is 1. The lowest BCUT2D eigenvalue weighted by molar-refractivity contribution is -0.140. The average Bonchev–Trinajstić information content (AvgIpc) is 2.82.